The van der Waals surface area contributed by atoms with E-state index >= 15 is 0 Å². The van der Waals surface area contributed by atoms with Crippen molar-refractivity contribution in [3.8, 4) is 12.3 Å². The van der Waals surface area contributed by atoms with Crippen molar-refractivity contribution < 1.29 is 4.39 Å². The van der Waals surface area contributed by atoms with Crippen molar-refractivity contribution in [3.05, 3.63) is 35.6 Å². The third kappa shape index (κ3) is 3.08. The minimum absolute atomic E-state index is 0.162. The molecule has 0 heterocycles. The van der Waals surface area contributed by atoms with Crippen LogP contribution in [0.4, 0.5) is 4.39 Å². The number of hydrogen-bond acceptors (Lipinski definition) is 1. The van der Waals surface area contributed by atoms with Crippen molar-refractivity contribution in [2.24, 2.45) is 0 Å². The Hall–Kier alpha value is -1.33. The number of nitrogens with one attached hydrogen (secondary N) is 1. The maximum atomic E-state index is 12.8. The van der Waals surface area contributed by atoms with Gasteiger partial charge in [0.2, 0.25) is 0 Å². The summed E-state index contributed by atoms with van der Waals surface area (Å²) >= 11 is 0. The van der Waals surface area contributed by atoms with Crippen molar-refractivity contribution in [1.82, 2.24) is 5.32 Å². The Balaban J connectivity index is 1.79. The van der Waals surface area contributed by atoms with Crippen molar-refractivity contribution in [2.75, 3.05) is 0 Å². The van der Waals surface area contributed by atoms with Crippen LogP contribution in [0.15, 0.2) is 24.3 Å². The van der Waals surface area contributed by atoms with Gasteiger partial charge in [0.05, 0.1) is 0 Å². The lowest BCUT2D eigenvalue weighted by Crippen LogP contribution is -2.44. The molecule has 1 aromatic carbocycles. The SMILES string of the molecule is C#CCC(C)NC1CC(c2ccc(F)cc2)C1. The molecule has 17 heavy (non-hydrogen) atoms. The van der Waals surface area contributed by atoms with E-state index in [1.54, 1.807) is 0 Å². The highest BCUT2D eigenvalue weighted by Crippen LogP contribution is 2.37. The van der Waals surface area contributed by atoms with Crippen LogP contribution in [0.1, 0.15) is 37.7 Å². The maximum Gasteiger partial charge on any atom is 0.123 e. The molecule has 0 bridgehead atoms. The number of benzene rings is 1. The van der Waals surface area contributed by atoms with Gasteiger partial charge in [-0.05, 0) is 43.4 Å². The fourth-order valence-corrected chi connectivity index (χ4v) is 2.40. The molecular weight excluding hydrogens is 213 g/mol. The van der Waals surface area contributed by atoms with Gasteiger partial charge < -0.3 is 5.32 Å². The third-order valence-electron chi connectivity index (χ3n) is 3.42. The quantitative estimate of drug-likeness (QED) is 0.785. The molecule has 1 aliphatic rings. The number of terminal acetylenes is 1. The molecule has 1 fully saturated rings. The fourth-order valence-electron chi connectivity index (χ4n) is 2.40. The average Bonchev–Trinajstić information content (AvgIpc) is 2.25. The summed E-state index contributed by atoms with van der Waals surface area (Å²) in [4.78, 5) is 0. The minimum atomic E-state index is -0.162. The summed E-state index contributed by atoms with van der Waals surface area (Å²) < 4.78 is 12.8. The van der Waals surface area contributed by atoms with Crippen LogP contribution in [0, 0.1) is 18.2 Å². The van der Waals surface area contributed by atoms with E-state index < -0.39 is 0 Å². The summed E-state index contributed by atoms with van der Waals surface area (Å²) in [6.45, 7) is 2.12. The van der Waals surface area contributed by atoms with Gasteiger partial charge in [-0.1, -0.05) is 12.1 Å². The van der Waals surface area contributed by atoms with Crippen LogP contribution in [0.2, 0.25) is 0 Å². The highest BCUT2D eigenvalue weighted by atomic mass is 19.1. The predicted octanol–water partition coefficient (Wildman–Crippen LogP) is 3.07. The highest BCUT2D eigenvalue weighted by Gasteiger charge is 2.30. The highest BCUT2D eigenvalue weighted by molar-refractivity contribution is 5.23. The van der Waals surface area contributed by atoms with Crippen molar-refractivity contribution in [2.45, 2.75) is 44.2 Å². The number of rotatable bonds is 4. The molecule has 0 radical (unpaired) electrons. The molecule has 1 aliphatic carbocycles. The van der Waals surface area contributed by atoms with Crippen LogP contribution in [-0.4, -0.2) is 12.1 Å². The maximum absolute atomic E-state index is 12.8. The molecule has 1 atom stereocenters. The molecule has 1 N–H and O–H groups in total. The zero-order valence-electron chi connectivity index (χ0n) is 10.1. The molecule has 2 heteroatoms. The predicted molar refractivity (Wildman–Crippen MR) is 68.2 cm³/mol. The van der Waals surface area contributed by atoms with Crippen LogP contribution in [0.25, 0.3) is 0 Å². The van der Waals surface area contributed by atoms with Crippen molar-refractivity contribution in [1.29, 1.82) is 0 Å². The topological polar surface area (TPSA) is 12.0 Å². The van der Waals surface area contributed by atoms with E-state index in [0.29, 0.717) is 18.0 Å². The van der Waals surface area contributed by atoms with Gasteiger partial charge >= 0.3 is 0 Å². The molecule has 90 valence electrons. The molecule has 0 aromatic heterocycles. The summed E-state index contributed by atoms with van der Waals surface area (Å²) in [5.41, 5.74) is 1.24. The Bertz CT molecular complexity index is 398. The van der Waals surface area contributed by atoms with Crippen LogP contribution in [0.3, 0.4) is 0 Å². The van der Waals surface area contributed by atoms with Gasteiger partial charge in [-0.3, -0.25) is 0 Å². The fraction of sp³-hybridized carbons (Fsp3) is 0.467. The Kier molecular flexibility index (Phi) is 3.81. The average molecular weight is 231 g/mol. The largest absolute Gasteiger partial charge is 0.311 e. The van der Waals surface area contributed by atoms with Gasteiger partial charge in [0.15, 0.2) is 0 Å². The van der Waals surface area contributed by atoms with Gasteiger partial charge in [-0.2, -0.15) is 0 Å². The summed E-state index contributed by atoms with van der Waals surface area (Å²) in [6.07, 6.45) is 8.30. The lowest BCUT2D eigenvalue weighted by atomic mass is 9.75. The molecule has 0 aliphatic heterocycles. The summed E-state index contributed by atoms with van der Waals surface area (Å²) in [5.74, 6) is 3.08. The lowest BCUT2D eigenvalue weighted by molar-refractivity contribution is 0.270. The van der Waals surface area contributed by atoms with Gasteiger partial charge in [0.1, 0.15) is 5.82 Å². The molecule has 0 saturated heterocycles. The summed E-state index contributed by atoms with van der Waals surface area (Å²) in [6, 6.07) is 7.81. The second kappa shape index (κ2) is 5.33. The first-order valence-corrected chi connectivity index (χ1v) is 6.14. The van der Waals surface area contributed by atoms with E-state index in [2.05, 4.69) is 18.2 Å². The van der Waals surface area contributed by atoms with Crippen LogP contribution < -0.4 is 5.32 Å². The molecule has 1 nitrogen and oxygen atoms in total. The molecule has 0 spiro atoms. The van der Waals surface area contributed by atoms with E-state index in [4.69, 9.17) is 6.42 Å². The zero-order valence-corrected chi connectivity index (χ0v) is 10.1. The van der Waals surface area contributed by atoms with Crippen LogP contribution in [-0.2, 0) is 0 Å². The first kappa shape index (κ1) is 12.1. The standard InChI is InChI=1S/C15H18FN/c1-3-4-11(2)17-15-9-13(10-15)12-5-7-14(16)8-6-12/h1,5-8,11,13,15,17H,4,9-10H2,2H3. The van der Waals surface area contributed by atoms with Crippen LogP contribution in [0.5, 0.6) is 0 Å². The molecular formula is C15H18FN. The second-order valence-electron chi connectivity index (χ2n) is 4.89. The first-order valence-electron chi connectivity index (χ1n) is 6.14. The van der Waals surface area contributed by atoms with Gasteiger partial charge in [0.25, 0.3) is 0 Å². The molecule has 0 amide bonds. The minimum Gasteiger partial charge on any atom is -0.311 e. The monoisotopic (exact) mass is 231 g/mol. The van der Waals surface area contributed by atoms with E-state index in [9.17, 15) is 4.39 Å². The molecule has 1 saturated carbocycles. The Morgan fingerprint density at radius 2 is 2.06 bits per heavy atom. The van der Waals surface area contributed by atoms with Crippen LogP contribution >= 0.6 is 0 Å². The lowest BCUT2D eigenvalue weighted by Gasteiger charge is -2.38. The molecule has 1 aromatic rings. The molecule has 2 rings (SSSR count). The summed E-state index contributed by atoms with van der Waals surface area (Å²) in [7, 11) is 0. The van der Waals surface area contributed by atoms with E-state index in [1.165, 1.54) is 17.7 Å². The third-order valence-corrected chi connectivity index (χ3v) is 3.42. The Morgan fingerprint density at radius 3 is 2.65 bits per heavy atom. The number of halogens is 1. The van der Waals surface area contributed by atoms with E-state index in [-0.39, 0.29) is 5.82 Å². The normalized spacial score (nSPS) is 24.8. The van der Waals surface area contributed by atoms with Gasteiger partial charge in [-0.15, -0.1) is 12.3 Å². The first-order chi connectivity index (χ1) is 8.19. The summed E-state index contributed by atoms with van der Waals surface area (Å²) in [5, 5.41) is 3.51. The van der Waals surface area contributed by atoms with Gasteiger partial charge in [-0.25, -0.2) is 4.39 Å². The smallest absolute Gasteiger partial charge is 0.123 e. The zero-order chi connectivity index (χ0) is 12.3. The van der Waals surface area contributed by atoms with Crippen molar-refractivity contribution in [3.63, 3.8) is 0 Å². The van der Waals surface area contributed by atoms with Gasteiger partial charge in [0, 0.05) is 18.5 Å². The number of hydrogen-bond donors (Lipinski definition) is 1. The van der Waals surface area contributed by atoms with Crippen molar-refractivity contribution >= 4 is 0 Å². The Morgan fingerprint density at radius 1 is 1.41 bits per heavy atom. The Labute approximate surface area is 102 Å². The van der Waals surface area contributed by atoms with E-state index in [0.717, 1.165) is 19.3 Å². The van der Waals surface area contributed by atoms with E-state index in [1.807, 2.05) is 12.1 Å². The second-order valence-corrected chi connectivity index (χ2v) is 4.89. The molecule has 1 unspecified atom stereocenters.